The Labute approximate surface area is 152 Å². The fourth-order valence-electron chi connectivity index (χ4n) is 2.53. The molecule has 2 aromatic rings. The molecule has 2 rings (SSSR count). The van der Waals surface area contributed by atoms with Crippen LogP contribution in [0.4, 0.5) is 13.2 Å². The van der Waals surface area contributed by atoms with Crippen molar-refractivity contribution >= 4 is 29.2 Å². The summed E-state index contributed by atoms with van der Waals surface area (Å²) >= 11 is 12.1. The molecular formula is C16H15Cl2F3N2O2. The lowest BCUT2D eigenvalue weighted by molar-refractivity contribution is -0.137. The van der Waals surface area contributed by atoms with Gasteiger partial charge in [-0.25, -0.2) is 9.48 Å². The van der Waals surface area contributed by atoms with Gasteiger partial charge in [0.1, 0.15) is 11.3 Å². The Morgan fingerprint density at radius 2 is 1.76 bits per heavy atom. The number of rotatable bonds is 4. The van der Waals surface area contributed by atoms with Crippen LogP contribution in [0.5, 0.6) is 0 Å². The van der Waals surface area contributed by atoms with Gasteiger partial charge in [-0.15, -0.1) is 0 Å². The summed E-state index contributed by atoms with van der Waals surface area (Å²) in [6.07, 6.45) is -3.76. The van der Waals surface area contributed by atoms with Crippen molar-refractivity contribution in [3.05, 3.63) is 44.7 Å². The first-order valence-corrected chi connectivity index (χ1v) is 8.16. The van der Waals surface area contributed by atoms with Crippen LogP contribution in [0.1, 0.15) is 41.2 Å². The van der Waals surface area contributed by atoms with Gasteiger partial charge in [-0.05, 0) is 25.0 Å². The van der Waals surface area contributed by atoms with Crippen LogP contribution < -0.4 is 0 Å². The molecular weight excluding hydrogens is 380 g/mol. The Balaban J connectivity index is 2.75. The average molecular weight is 395 g/mol. The predicted octanol–water partition coefficient (Wildman–Crippen LogP) is 5.11. The van der Waals surface area contributed by atoms with Gasteiger partial charge in [-0.3, -0.25) is 0 Å². The zero-order valence-electron chi connectivity index (χ0n) is 13.7. The highest BCUT2D eigenvalue weighted by molar-refractivity contribution is 6.37. The van der Waals surface area contributed by atoms with Gasteiger partial charge >= 0.3 is 12.1 Å². The first-order valence-electron chi connectivity index (χ1n) is 7.41. The third-order valence-electron chi connectivity index (χ3n) is 3.67. The van der Waals surface area contributed by atoms with E-state index >= 15 is 0 Å². The number of aryl methyl sites for hydroxylation is 1. The Bertz CT molecular complexity index is 793. The standard InChI is InChI=1S/C16H15Cl2F3N2O2/c1-4-11-13(15(24)25-3)12(5-2)23(22-11)14-9(17)6-8(7-10(14)18)16(19,20)21/h6-7H,4-5H2,1-3H3. The molecule has 0 aliphatic carbocycles. The van der Waals surface area contributed by atoms with Crippen molar-refractivity contribution in [3.8, 4) is 5.69 Å². The molecule has 0 unspecified atom stereocenters. The number of methoxy groups -OCH3 is 1. The summed E-state index contributed by atoms with van der Waals surface area (Å²) < 4.78 is 44.8. The Kier molecular flexibility index (Phi) is 5.68. The minimum absolute atomic E-state index is 0.0954. The maximum Gasteiger partial charge on any atom is 0.416 e. The van der Waals surface area contributed by atoms with E-state index < -0.39 is 17.7 Å². The summed E-state index contributed by atoms with van der Waals surface area (Å²) in [6.45, 7) is 3.58. The second kappa shape index (κ2) is 7.25. The van der Waals surface area contributed by atoms with E-state index in [1.165, 1.54) is 11.8 Å². The number of carbonyl (C=O) groups is 1. The molecule has 1 aromatic heterocycles. The number of aromatic nitrogens is 2. The topological polar surface area (TPSA) is 44.1 Å². The normalized spacial score (nSPS) is 11.7. The van der Waals surface area contributed by atoms with Crippen LogP contribution in [0, 0.1) is 0 Å². The number of carbonyl (C=O) groups excluding carboxylic acids is 1. The molecule has 0 N–H and O–H groups in total. The molecule has 0 spiro atoms. The monoisotopic (exact) mass is 394 g/mol. The van der Waals surface area contributed by atoms with Crippen molar-refractivity contribution in [2.45, 2.75) is 32.9 Å². The lowest BCUT2D eigenvalue weighted by Crippen LogP contribution is -2.10. The first-order chi connectivity index (χ1) is 11.6. The van der Waals surface area contributed by atoms with E-state index in [2.05, 4.69) is 5.10 Å². The SMILES string of the molecule is CCc1nn(-c2c(Cl)cc(C(F)(F)F)cc2Cl)c(CC)c1C(=O)OC. The van der Waals surface area contributed by atoms with Gasteiger partial charge in [-0.2, -0.15) is 18.3 Å². The zero-order chi connectivity index (χ0) is 18.9. The van der Waals surface area contributed by atoms with Gasteiger partial charge in [0.05, 0.1) is 34.1 Å². The van der Waals surface area contributed by atoms with E-state index in [0.29, 0.717) is 24.2 Å². The predicted molar refractivity (Wildman–Crippen MR) is 88.7 cm³/mol. The van der Waals surface area contributed by atoms with E-state index in [4.69, 9.17) is 27.9 Å². The highest BCUT2D eigenvalue weighted by Crippen LogP contribution is 2.38. The van der Waals surface area contributed by atoms with Gasteiger partial charge in [0.25, 0.3) is 0 Å². The van der Waals surface area contributed by atoms with Gasteiger partial charge in [0, 0.05) is 0 Å². The molecule has 4 nitrogen and oxygen atoms in total. The van der Waals surface area contributed by atoms with Crippen LogP contribution in [0.3, 0.4) is 0 Å². The summed E-state index contributed by atoms with van der Waals surface area (Å²) in [7, 11) is 1.25. The highest BCUT2D eigenvalue weighted by atomic mass is 35.5. The molecule has 0 aliphatic heterocycles. The second-order valence-electron chi connectivity index (χ2n) is 5.17. The Morgan fingerprint density at radius 3 is 2.16 bits per heavy atom. The fraction of sp³-hybridized carbons (Fsp3) is 0.375. The van der Waals surface area contributed by atoms with Crippen molar-refractivity contribution in [3.63, 3.8) is 0 Å². The number of halogens is 5. The van der Waals surface area contributed by atoms with Crippen LogP contribution in [-0.2, 0) is 23.8 Å². The first kappa shape index (κ1) is 19.6. The van der Waals surface area contributed by atoms with Crippen molar-refractivity contribution in [2.24, 2.45) is 0 Å². The molecule has 1 heterocycles. The molecule has 0 saturated heterocycles. The molecule has 0 amide bonds. The van der Waals surface area contributed by atoms with E-state index in [-0.39, 0.29) is 21.3 Å². The maximum atomic E-state index is 12.9. The average Bonchev–Trinajstić information content (AvgIpc) is 2.90. The lowest BCUT2D eigenvalue weighted by atomic mass is 10.1. The van der Waals surface area contributed by atoms with Gasteiger partial charge in [-0.1, -0.05) is 37.0 Å². The zero-order valence-corrected chi connectivity index (χ0v) is 15.2. The molecule has 0 bridgehead atoms. The Morgan fingerprint density at radius 1 is 1.20 bits per heavy atom. The van der Waals surface area contributed by atoms with Crippen LogP contribution in [0.2, 0.25) is 10.0 Å². The molecule has 0 aliphatic rings. The van der Waals surface area contributed by atoms with Crippen molar-refractivity contribution in [2.75, 3.05) is 7.11 Å². The molecule has 0 atom stereocenters. The minimum atomic E-state index is -4.57. The molecule has 0 saturated carbocycles. The van der Waals surface area contributed by atoms with Crippen molar-refractivity contribution < 1.29 is 22.7 Å². The number of hydrogen-bond donors (Lipinski definition) is 0. The second-order valence-corrected chi connectivity index (χ2v) is 5.98. The molecule has 25 heavy (non-hydrogen) atoms. The summed E-state index contributed by atoms with van der Waals surface area (Å²) in [4.78, 5) is 12.1. The summed E-state index contributed by atoms with van der Waals surface area (Å²) in [5, 5.41) is 3.89. The molecule has 9 heteroatoms. The fourth-order valence-corrected chi connectivity index (χ4v) is 3.18. The number of nitrogens with zero attached hydrogens (tertiary/aromatic N) is 2. The largest absolute Gasteiger partial charge is 0.465 e. The number of alkyl halides is 3. The van der Waals surface area contributed by atoms with Crippen LogP contribution in [0.15, 0.2) is 12.1 Å². The summed E-state index contributed by atoms with van der Waals surface area (Å²) in [5.74, 6) is -0.570. The molecule has 1 aromatic carbocycles. The summed E-state index contributed by atoms with van der Waals surface area (Å²) in [6, 6.07) is 1.57. The van der Waals surface area contributed by atoms with Crippen molar-refractivity contribution in [1.29, 1.82) is 0 Å². The van der Waals surface area contributed by atoms with Gasteiger partial charge < -0.3 is 4.74 Å². The minimum Gasteiger partial charge on any atom is -0.465 e. The van der Waals surface area contributed by atoms with Gasteiger partial charge in [0.2, 0.25) is 0 Å². The third-order valence-corrected chi connectivity index (χ3v) is 4.25. The molecule has 136 valence electrons. The maximum absolute atomic E-state index is 12.9. The van der Waals surface area contributed by atoms with E-state index in [1.54, 1.807) is 13.8 Å². The van der Waals surface area contributed by atoms with Crippen molar-refractivity contribution in [1.82, 2.24) is 9.78 Å². The number of benzene rings is 1. The van der Waals surface area contributed by atoms with Crippen LogP contribution in [-0.4, -0.2) is 22.9 Å². The molecule has 0 fully saturated rings. The molecule has 0 radical (unpaired) electrons. The Hall–Kier alpha value is -1.73. The number of esters is 1. The van der Waals surface area contributed by atoms with E-state index in [1.807, 2.05) is 0 Å². The summed E-state index contributed by atoms with van der Waals surface area (Å²) in [5.41, 5.74) is 0.334. The highest BCUT2D eigenvalue weighted by Gasteiger charge is 2.33. The van der Waals surface area contributed by atoms with Crippen LogP contribution in [0.25, 0.3) is 5.69 Å². The van der Waals surface area contributed by atoms with Gasteiger partial charge in [0.15, 0.2) is 0 Å². The van der Waals surface area contributed by atoms with E-state index in [0.717, 1.165) is 12.1 Å². The quantitative estimate of drug-likeness (QED) is 0.676. The lowest BCUT2D eigenvalue weighted by Gasteiger charge is -2.14. The van der Waals surface area contributed by atoms with Crippen LogP contribution >= 0.6 is 23.2 Å². The number of hydrogen-bond acceptors (Lipinski definition) is 3. The number of ether oxygens (including phenoxy) is 1. The van der Waals surface area contributed by atoms with E-state index in [9.17, 15) is 18.0 Å². The smallest absolute Gasteiger partial charge is 0.416 e. The third kappa shape index (κ3) is 3.62.